The molecule has 0 amide bonds. The van der Waals surface area contributed by atoms with Gasteiger partial charge in [-0.1, -0.05) is 12.1 Å². The standard InChI is InChI=1S/C10H5FN2S/c11-9-4-2-1-3-8(9)10-7(5-12)6-14-13-10/h1-4,6H. The Bertz CT molecular complexity index is 499. The van der Waals surface area contributed by atoms with E-state index >= 15 is 0 Å². The molecule has 0 spiro atoms. The molecule has 0 aliphatic carbocycles. The van der Waals surface area contributed by atoms with Crippen LogP contribution in [0.5, 0.6) is 0 Å². The average molecular weight is 204 g/mol. The Balaban J connectivity index is 2.62. The lowest BCUT2D eigenvalue weighted by Gasteiger charge is -1.98. The first kappa shape index (κ1) is 8.85. The summed E-state index contributed by atoms with van der Waals surface area (Å²) in [5.74, 6) is -0.352. The lowest BCUT2D eigenvalue weighted by molar-refractivity contribution is 0.631. The number of aromatic nitrogens is 1. The quantitative estimate of drug-likeness (QED) is 0.716. The summed E-state index contributed by atoms with van der Waals surface area (Å²) in [5, 5.41) is 10.4. The summed E-state index contributed by atoms with van der Waals surface area (Å²) in [6, 6.07) is 8.29. The third kappa shape index (κ3) is 1.38. The largest absolute Gasteiger partial charge is 0.206 e. The first-order valence-corrected chi connectivity index (χ1v) is 4.76. The highest BCUT2D eigenvalue weighted by Gasteiger charge is 2.11. The number of halogens is 1. The van der Waals surface area contributed by atoms with Crippen molar-refractivity contribution in [3.8, 4) is 17.3 Å². The molecule has 0 saturated heterocycles. The number of benzene rings is 1. The molecule has 0 radical (unpaired) electrons. The topological polar surface area (TPSA) is 36.7 Å². The molecule has 0 N–H and O–H groups in total. The van der Waals surface area contributed by atoms with Gasteiger partial charge in [0.25, 0.3) is 0 Å². The van der Waals surface area contributed by atoms with E-state index in [-0.39, 0.29) is 5.82 Å². The first-order chi connectivity index (χ1) is 6.83. The van der Waals surface area contributed by atoms with Crippen LogP contribution in [-0.4, -0.2) is 4.37 Å². The molecule has 14 heavy (non-hydrogen) atoms. The van der Waals surface area contributed by atoms with Gasteiger partial charge in [0.2, 0.25) is 0 Å². The fraction of sp³-hybridized carbons (Fsp3) is 0. The summed E-state index contributed by atoms with van der Waals surface area (Å²) in [4.78, 5) is 0. The van der Waals surface area contributed by atoms with Gasteiger partial charge in [-0.15, -0.1) is 0 Å². The summed E-state index contributed by atoms with van der Waals surface area (Å²) < 4.78 is 17.3. The van der Waals surface area contributed by atoms with E-state index in [1.165, 1.54) is 6.07 Å². The summed E-state index contributed by atoms with van der Waals surface area (Å²) in [7, 11) is 0. The fourth-order valence-electron chi connectivity index (χ4n) is 1.16. The van der Waals surface area contributed by atoms with Gasteiger partial charge in [0.15, 0.2) is 0 Å². The van der Waals surface area contributed by atoms with Gasteiger partial charge in [-0.25, -0.2) is 4.39 Å². The van der Waals surface area contributed by atoms with Gasteiger partial charge in [0.1, 0.15) is 17.6 Å². The second-order valence-electron chi connectivity index (χ2n) is 2.67. The smallest absolute Gasteiger partial charge is 0.132 e. The van der Waals surface area contributed by atoms with Crippen LogP contribution < -0.4 is 0 Å². The molecule has 0 aliphatic heterocycles. The van der Waals surface area contributed by atoms with E-state index in [4.69, 9.17) is 5.26 Å². The number of hydrogen-bond acceptors (Lipinski definition) is 3. The van der Waals surface area contributed by atoms with Gasteiger partial charge in [-0.2, -0.15) is 9.64 Å². The van der Waals surface area contributed by atoms with E-state index in [0.717, 1.165) is 11.5 Å². The summed E-state index contributed by atoms with van der Waals surface area (Å²) >= 11 is 1.16. The molecule has 1 aromatic heterocycles. The molecular formula is C10H5FN2S. The molecule has 2 rings (SSSR count). The first-order valence-electron chi connectivity index (χ1n) is 3.92. The number of nitriles is 1. The molecular weight excluding hydrogens is 199 g/mol. The Morgan fingerprint density at radius 3 is 2.86 bits per heavy atom. The summed E-state index contributed by atoms with van der Waals surface area (Å²) in [6.45, 7) is 0. The molecule has 0 fully saturated rings. The molecule has 0 saturated carbocycles. The van der Waals surface area contributed by atoms with Crippen LogP contribution in [0.1, 0.15) is 5.56 Å². The Morgan fingerprint density at radius 1 is 1.36 bits per heavy atom. The Labute approximate surface area is 84.4 Å². The SMILES string of the molecule is N#Cc1csnc1-c1ccccc1F. The number of rotatable bonds is 1. The highest BCUT2D eigenvalue weighted by molar-refractivity contribution is 7.04. The van der Waals surface area contributed by atoms with Crippen molar-refractivity contribution in [3.63, 3.8) is 0 Å². The van der Waals surface area contributed by atoms with Crippen LogP contribution >= 0.6 is 11.5 Å². The van der Waals surface area contributed by atoms with Crippen LogP contribution in [0.3, 0.4) is 0 Å². The normalized spacial score (nSPS) is 9.71. The van der Waals surface area contributed by atoms with Crippen molar-refractivity contribution in [2.75, 3.05) is 0 Å². The van der Waals surface area contributed by atoms with Crippen LogP contribution in [0.4, 0.5) is 4.39 Å². The van der Waals surface area contributed by atoms with Gasteiger partial charge >= 0.3 is 0 Å². The van der Waals surface area contributed by atoms with E-state index in [1.807, 2.05) is 6.07 Å². The van der Waals surface area contributed by atoms with Crippen molar-refractivity contribution in [2.45, 2.75) is 0 Å². The predicted octanol–water partition coefficient (Wildman–Crippen LogP) is 2.82. The zero-order chi connectivity index (χ0) is 9.97. The minimum Gasteiger partial charge on any atom is -0.206 e. The third-order valence-electron chi connectivity index (χ3n) is 1.82. The molecule has 0 aliphatic rings. The second kappa shape index (κ2) is 3.56. The van der Waals surface area contributed by atoms with Crippen LogP contribution in [0.25, 0.3) is 11.3 Å². The van der Waals surface area contributed by atoms with E-state index in [0.29, 0.717) is 16.8 Å². The Hall–Kier alpha value is -1.73. The van der Waals surface area contributed by atoms with Crippen molar-refractivity contribution in [1.29, 1.82) is 5.26 Å². The molecule has 1 heterocycles. The lowest BCUT2D eigenvalue weighted by Crippen LogP contribution is -1.85. The minimum atomic E-state index is -0.352. The maximum Gasteiger partial charge on any atom is 0.132 e. The van der Waals surface area contributed by atoms with Crippen molar-refractivity contribution >= 4 is 11.5 Å². The average Bonchev–Trinajstić information content (AvgIpc) is 2.66. The monoisotopic (exact) mass is 204 g/mol. The van der Waals surface area contributed by atoms with Gasteiger partial charge < -0.3 is 0 Å². The van der Waals surface area contributed by atoms with Gasteiger partial charge in [-0.3, -0.25) is 0 Å². The van der Waals surface area contributed by atoms with Gasteiger partial charge in [-0.05, 0) is 23.7 Å². The maximum atomic E-state index is 13.3. The highest BCUT2D eigenvalue weighted by atomic mass is 32.1. The molecule has 68 valence electrons. The van der Waals surface area contributed by atoms with Crippen molar-refractivity contribution in [2.24, 2.45) is 0 Å². The van der Waals surface area contributed by atoms with Crippen molar-refractivity contribution < 1.29 is 4.39 Å². The van der Waals surface area contributed by atoms with Gasteiger partial charge in [0.05, 0.1) is 5.56 Å². The van der Waals surface area contributed by atoms with E-state index in [1.54, 1.807) is 23.6 Å². The predicted molar refractivity (Wildman–Crippen MR) is 52.2 cm³/mol. The molecule has 0 bridgehead atoms. The summed E-state index contributed by atoms with van der Waals surface area (Å²) in [5.41, 5.74) is 1.22. The zero-order valence-corrected chi connectivity index (χ0v) is 7.88. The van der Waals surface area contributed by atoms with Crippen molar-refractivity contribution in [1.82, 2.24) is 4.37 Å². The van der Waals surface area contributed by atoms with Crippen LogP contribution in [0.2, 0.25) is 0 Å². The Kier molecular flexibility index (Phi) is 2.25. The molecule has 1 aromatic carbocycles. The summed E-state index contributed by atoms with van der Waals surface area (Å²) in [6.07, 6.45) is 0. The molecule has 2 nitrogen and oxygen atoms in total. The lowest BCUT2D eigenvalue weighted by atomic mass is 10.1. The Morgan fingerprint density at radius 2 is 2.14 bits per heavy atom. The fourth-order valence-corrected chi connectivity index (χ4v) is 1.79. The van der Waals surface area contributed by atoms with Crippen LogP contribution in [0, 0.1) is 17.1 Å². The molecule has 0 unspecified atom stereocenters. The molecule has 0 atom stereocenters. The highest BCUT2D eigenvalue weighted by Crippen LogP contribution is 2.25. The van der Waals surface area contributed by atoms with E-state index in [2.05, 4.69) is 4.37 Å². The number of hydrogen-bond donors (Lipinski definition) is 0. The van der Waals surface area contributed by atoms with E-state index in [9.17, 15) is 4.39 Å². The third-order valence-corrected chi connectivity index (χ3v) is 2.45. The van der Waals surface area contributed by atoms with Gasteiger partial charge in [0, 0.05) is 10.9 Å². The van der Waals surface area contributed by atoms with E-state index < -0.39 is 0 Å². The second-order valence-corrected chi connectivity index (χ2v) is 3.30. The maximum absolute atomic E-state index is 13.3. The van der Waals surface area contributed by atoms with Crippen molar-refractivity contribution in [3.05, 3.63) is 41.0 Å². The minimum absolute atomic E-state index is 0.352. The van der Waals surface area contributed by atoms with Crippen LogP contribution in [-0.2, 0) is 0 Å². The molecule has 4 heteroatoms. The number of nitrogens with zero attached hydrogens (tertiary/aromatic N) is 2. The molecule has 2 aromatic rings. The van der Waals surface area contributed by atoms with Crippen LogP contribution in [0.15, 0.2) is 29.6 Å². The zero-order valence-electron chi connectivity index (χ0n) is 7.07.